The predicted molar refractivity (Wildman–Crippen MR) is 143 cm³/mol. The van der Waals surface area contributed by atoms with Crippen LogP contribution in [0, 0.1) is 11.6 Å². The lowest BCUT2D eigenvalue weighted by Crippen LogP contribution is -2.20. The molecule has 3 N–H and O–H groups in total. The van der Waals surface area contributed by atoms with Gasteiger partial charge in [-0.3, -0.25) is 4.79 Å². The molecular weight excluding hydrogens is 510 g/mol. The molecule has 0 aliphatic rings. The summed E-state index contributed by atoms with van der Waals surface area (Å²) in [7, 11) is 0. The second-order valence-corrected chi connectivity index (χ2v) is 9.30. The van der Waals surface area contributed by atoms with Crippen LogP contribution < -0.4 is 10.6 Å². The van der Waals surface area contributed by atoms with Crippen molar-refractivity contribution in [2.75, 3.05) is 10.6 Å². The quantitative estimate of drug-likeness (QED) is 0.211. The van der Waals surface area contributed by atoms with Crippen molar-refractivity contribution in [2.24, 2.45) is 0 Å². The van der Waals surface area contributed by atoms with E-state index in [0.29, 0.717) is 12.1 Å². The molecule has 0 radical (unpaired) electrons. The fourth-order valence-electron chi connectivity index (χ4n) is 3.95. The zero-order valence-electron chi connectivity index (χ0n) is 19.7. The van der Waals surface area contributed by atoms with Gasteiger partial charge in [0, 0.05) is 34.7 Å². The van der Waals surface area contributed by atoms with Crippen LogP contribution >= 0.6 is 11.3 Å². The number of thiophene rings is 1. The molecule has 0 spiro atoms. The summed E-state index contributed by atoms with van der Waals surface area (Å²) in [6, 6.07) is 16.9. The molecule has 0 aliphatic carbocycles. The van der Waals surface area contributed by atoms with Gasteiger partial charge in [0.15, 0.2) is 0 Å². The van der Waals surface area contributed by atoms with E-state index in [4.69, 9.17) is 5.11 Å². The molecule has 5 rings (SSSR count). The third-order valence-electron chi connectivity index (χ3n) is 5.84. The highest BCUT2D eigenvalue weighted by Crippen LogP contribution is 2.37. The van der Waals surface area contributed by atoms with Gasteiger partial charge in [-0.2, -0.15) is 0 Å². The van der Waals surface area contributed by atoms with Crippen LogP contribution in [0.4, 0.5) is 25.0 Å². The maximum absolute atomic E-state index is 13.8. The van der Waals surface area contributed by atoms with Gasteiger partial charge < -0.3 is 15.7 Å². The number of aliphatic carboxylic acids is 1. The second-order valence-electron chi connectivity index (χ2n) is 8.42. The van der Waals surface area contributed by atoms with Crippen LogP contribution in [0.15, 0.2) is 78.4 Å². The molecule has 5 aromatic rings. The molecule has 0 aliphatic heterocycles. The van der Waals surface area contributed by atoms with Crippen molar-refractivity contribution < 1.29 is 23.5 Å². The van der Waals surface area contributed by atoms with E-state index in [1.807, 2.05) is 29.6 Å². The number of nitrogens with zero attached hydrogens (tertiary/aromatic N) is 2. The number of carbonyl (C=O) groups is 2. The van der Waals surface area contributed by atoms with Gasteiger partial charge in [-0.1, -0.05) is 36.4 Å². The van der Waals surface area contributed by atoms with Gasteiger partial charge >= 0.3 is 12.0 Å². The van der Waals surface area contributed by atoms with Crippen molar-refractivity contribution in [3.05, 3.63) is 95.6 Å². The number of anilines is 2. The smallest absolute Gasteiger partial charge is 0.323 e. The maximum atomic E-state index is 13.8. The van der Waals surface area contributed by atoms with Crippen LogP contribution in [0.1, 0.15) is 12.0 Å². The summed E-state index contributed by atoms with van der Waals surface area (Å²) in [4.78, 5) is 32.0. The molecule has 0 saturated carbocycles. The number of benzene rings is 3. The number of carboxylic acid groups (broad SMARTS) is 1. The number of amides is 2. The average molecular weight is 531 g/mol. The van der Waals surface area contributed by atoms with Crippen molar-refractivity contribution >= 4 is 44.9 Å². The van der Waals surface area contributed by atoms with Gasteiger partial charge in [0.1, 0.15) is 18.0 Å². The lowest BCUT2D eigenvalue weighted by atomic mass is 10.0. The predicted octanol–water partition coefficient (Wildman–Crippen LogP) is 6.96. The molecule has 7 nitrogen and oxygen atoms in total. The van der Waals surface area contributed by atoms with Gasteiger partial charge in [0.25, 0.3) is 0 Å². The summed E-state index contributed by atoms with van der Waals surface area (Å²) in [5.74, 6) is -2.23. The second kappa shape index (κ2) is 10.7. The Balaban J connectivity index is 1.33. The van der Waals surface area contributed by atoms with Crippen molar-refractivity contribution in [2.45, 2.75) is 12.8 Å². The Kier molecular flexibility index (Phi) is 7.05. The number of hydrogen-bond donors (Lipinski definition) is 3. The van der Waals surface area contributed by atoms with Gasteiger partial charge in [-0.25, -0.2) is 23.5 Å². The van der Waals surface area contributed by atoms with E-state index in [1.54, 1.807) is 24.3 Å². The monoisotopic (exact) mass is 530 g/mol. The third kappa shape index (κ3) is 5.50. The molecule has 3 aromatic carbocycles. The van der Waals surface area contributed by atoms with E-state index in [1.165, 1.54) is 17.7 Å². The minimum atomic E-state index is -0.825. The van der Waals surface area contributed by atoms with Crippen LogP contribution in [0.5, 0.6) is 0 Å². The molecular formula is C28H20F2N4O3S. The number of aromatic nitrogens is 2. The number of fused-ring (bicyclic) bond motifs is 1. The summed E-state index contributed by atoms with van der Waals surface area (Å²) in [5, 5.41) is 15.8. The number of carboxylic acids is 1. The first-order valence-electron chi connectivity index (χ1n) is 11.5. The number of urea groups is 1. The number of carbonyl (C=O) groups excluding carboxylic acids is 1. The Labute approximate surface area is 219 Å². The Hall–Kier alpha value is -4.70. The normalized spacial score (nSPS) is 10.9. The number of aryl methyl sites for hydroxylation is 1. The Morgan fingerprint density at radius 1 is 0.895 bits per heavy atom. The summed E-state index contributed by atoms with van der Waals surface area (Å²) < 4.78 is 28.0. The number of hydrogen-bond acceptors (Lipinski definition) is 5. The molecule has 2 amide bonds. The molecule has 0 unspecified atom stereocenters. The van der Waals surface area contributed by atoms with Crippen LogP contribution in [0.2, 0.25) is 0 Å². The zero-order chi connectivity index (χ0) is 26.6. The Morgan fingerprint density at radius 3 is 2.37 bits per heavy atom. The fourth-order valence-corrected chi connectivity index (χ4v) is 4.99. The van der Waals surface area contributed by atoms with Crippen LogP contribution in [-0.4, -0.2) is 27.1 Å². The molecule has 2 aromatic heterocycles. The van der Waals surface area contributed by atoms with Crippen LogP contribution in [0.25, 0.3) is 32.6 Å². The van der Waals surface area contributed by atoms with Crippen molar-refractivity contribution in [3.8, 4) is 22.4 Å². The minimum absolute atomic E-state index is 0.0852. The molecule has 0 bridgehead atoms. The van der Waals surface area contributed by atoms with Gasteiger partial charge in [0.2, 0.25) is 0 Å². The van der Waals surface area contributed by atoms with Crippen molar-refractivity contribution in [3.63, 3.8) is 0 Å². The van der Waals surface area contributed by atoms with Gasteiger partial charge in [-0.15, -0.1) is 11.3 Å². The van der Waals surface area contributed by atoms with Crippen LogP contribution in [0.3, 0.4) is 0 Å². The first kappa shape index (κ1) is 25.0. The standard InChI is InChI=1S/C28H20F2N4O3S/c29-19-8-11-22(30)23(13-19)34-28(37)33-20-9-6-18(7-10-20)25-27-26(32-15-31-25)21(14-38-27)17-4-1-16(2-5-17)3-12-24(35)36/h1-2,4-11,13-15H,3,12H2,(H,35,36)(H2,33,34,37). The SMILES string of the molecule is O=C(O)CCc1ccc(-c2csc3c(-c4ccc(NC(=O)Nc5cc(F)ccc5F)cc4)ncnc23)cc1. The van der Waals surface area contributed by atoms with Gasteiger partial charge in [0.05, 0.1) is 21.6 Å². The van der Waals surface area contributed by atoms with E-state index in [0.717, 1.165) is 56.4 Å². The van der Waals surface area contributed by atoms with E-state index in [9.17, 15) is 18.4 Å². The molecule has 0 saturated heterocycles. The Morgan fingerprint density at radius 2 is 1.63 bits per heavy atom. The largest absolute Gasteiger partial charge is 0.481 e. The maximum Gasteiger partial charge on any atom is 0.323 e. The van der Waals surface area contributed by atoms with E-state index in [2.05, 4.69) is 20.6 Å². The van der Waals surface area contributed by atoms with Crippen molar-refractivity contribution in [1.29, 1.82) is 0 Å². The lowest BCUT2D eigenvalue weighted by Gasteiger charge is -2.09. The zero-order valence-corrected chi connectivity index (χ0v) is 20.6. The molecule has 2 heterocycles. The highest BCUT2D eigenvalue weighted by Gasteiger charge is 2.14. The van der Waals surface area contributed by atoms with Gasteiger partial charge in [-0.05, 0) is 41.8 Å². The number of rotatable bonds is 7. The molecule has 10 heteroatoms. The van der Waals surface area contributed by atoms with Crippen LogP contribution in [-0.2, 0) is 11.2 Å². The van der Waals surface area contributed by atoms with E-state index < -0.39 is 23.6 Å². The summed E-state index contributed by atoms with van der Waals surface area (Å²) >= 11 is 1.52. The molecule has 0 fully saturated rings. The van der Waals surface area contributed by atoms with Crippen molar-refractivity contribution in [1.82, 2.24) is 9.97 Å². The van der Waals surface area contributed by atoms with E-state index >= 15 is 0 Å². The number of halogens is 2. The molecule has 38 heavy (non-hydrogen) atoms. The summed E-state index contributed by atoms with van der Waals surface area (Å²) in [6.45, 7) is 0. The number of nitrogens with one attached hydrogen (secondary N) is 2. The fraction of sp³-hybridized carbons (Fsp3) is 0.0714. The minimum Gasteiger partial charge on any atom is -0.481 e. The van der Waals surface area contributed by atoms with E-state index in [-0.39, 0.29) is 12.1 Å². The lowest BCUT2D eigenvalue weighted by molar-refractivity contribution is -0.136. The third-order valence-corrected chi connectivity index (χ3v) is 6.81. The highest BCUT2D eigenvalue weighted by molar-refractivity contribution is 7.18. The average Bonchev–Trinajstić information content (AvgIpc) is 3.35. The topological polar surface area (TPSA) is 104 Å². The molecule has 0 atom stereocenters. The first-order chi connectivity index (χ1) is 18.4. The Bertz CT molecular complexity index is 1640. The summed E-state index contributed by atoms with van der Waals surface area (Å²) in [6.07, 6.45) is 2.06. The molecule has 190 valence electrons. The summed E-state index contributed by atoms with van der Waals surface area (Å²) in [5.41, 5.74) is 5.44. The first-order valence-corrected chi connectivity index (χ1v) is 12.4. The highest BCUT2D eigenvalue weighted by atomic mass is 32.1.